The summed E-state index contributed by atoms with van der Waals surface area (Å²) in [6, 6.07) is 51.0. The quantitative estimate of drug-likeness (QED) is 0.234. The second kappa shape index (κ2) is 9.81. The van der Waals surface area contributed by atoms with Crippen LogP contribution in [-0.4, -0.2) is 9.13 Å². The van der Waals surface area contributed by atoms with Crippen LogP contribution in [0.2, 0.25) is 0 Å². The molecular formula is C34H26N2. The maximum Gasteiger partial charge on any atom is 0.0529 e. The first kappa shape index (κ1) is 21.7. The van der Waals surface area contributed by atoms with Crippen LogP contribution in [0.1, 0.15) is 0 Å². The number of rotatable bonds is 6. The molecule has 172 valence electrons. The molecule has 0 aliphatic carbocycles. The van der Waals surface area contributed by atoms with Gasteiger partial charge in [-0.25, -0.2) is 0 Å². The fourth-order valence-electron chi connectivity index (χ4n) is 4.73. The highest BCUT2D eigenvalue weighted by Crippen LogP contribution is 2.32. The summed E-state index contributed by atoms with van der Waals surface area (Å²) in [5.74, 6) is 0. The Morgan fingerprint density at radius 3 is 0.722 bits per heavy atom. The first-order chi connectivity index (χ1) is 17.9. The third-order valence-corrected chi connectivity index (χ3v) is 6.48. The molecule has 36 heavy (non-hydrogen) atoms. The van der Waals surface area contributed by atoms with Crippen LogP contribution >= 0.6 is 0 Å². The second-order valence-corrected chi connectivity index (χ2v) is 8.71. The Hall–Kier alpha value is -4.82. The molecule has 0 aliphatic heterocycles. The summed E-state index contributed by atoms with van der Waals surface area (Å²) in [6.45, 7) is 0. The Balaban J connectivity index is 1.53. The number of benzene rings is 4. The first-order valence-corrected chi connectivity index (χ1v) is 12.2. The minimum atomic E-state index is 1.15. The lowest BCUT2D eigenvalue weighted by Crippen LogP contribution is -1.97. The average Bonchev–Trinajstić information content (AvgIpc) is 3.58. The molecule has 0 radical (unpaired) electrons. The highest BCUT2D eigenvalue weighted by atomic mass is 15.0. The van der Waals surface area contributed by atoms with E-state index in [4.69, 9.17) is 0 Å². The Kier molecular flexibility index (Phi) is 5.91. The summed E-state index contributed by atoms with van der Waals surface area (Å²) in [4.78, 5) is 0. The van der Waals surface area contributed by atoms with Crippen LogP contribution in [0.25, 0.3) is 57.4 Å². The van der Waals surface area contributed by atoms with E-state index in [-0.39, 0.29) is 0 Å². The molecule has 0 amide bonds. The van der Waals surface area contributed by atoms with Crippen molar-refractivity contribution in [3.8, 4) is 45.0 Å². The normalized spacial score (nSPS) is 11.2. The van der Waals surface area contributed by atoms with Crippen molar-refractivity contribution in [3.05, 3.63) is 146 Å². The predicted octanol–water partition coefficient (Wildman–Crippen LogP) is 9.04. The molecule has 0 bridgehead atoms. The van der Waals surface area contributed by atoms with Crippen LogP contribution in [0.3, 0.4) is 0 Å². The van der Waals surface area contributed by atoms with E-state index < -0.39 is 0 Å². The molecule has 0 fully saturated rings. The molecule has 4 aromatic carbocycles. The fourth-order valence-corrected chi connectivity index (χ4v) is 4.73. The van der Waals surface area contributed by atoms with Crippen LogP contribution in [0, 0.1) is 0 Å². The van der Waals surface area contributed by atoms with Gasteiger partial charge in [-0.1, -0.05) is 121 Å². The van der Waals surface area contributed by atoms with Crippen molar-refractivity contribution >= 4 is 12.4 Å². The van der Waals surface area contributed by atoms with Gasteiger partial charge < -0.3 is 9.13 Å². The summed E-state index contributed by atoms with van der Waals surface area (Å²) in [6.07, 6.45) is 4.37. The van der Waals surface area contributed by atoms with E-state index in [1.807, 2.05) is 0 Å². The summed E-state index contributed by atoms with van der Waals surface area (Å²) in [7, 11) is 0. The van der Waals surface area contributed by atoms with E-state index in [9.17, 15) is 0 Å². The minimum absolute atomic E-state index is 1.15. The van der Waals surface area contributed by atoms with Crippen molar-refractivity contribution in [1.29, 1.82) is 0 Å². The van der Waals surface area contributed by atoms with Gasteiger partial charge in [0.05, 0.1) is 22.8 Å². The monoisotopic (exact) mass is 462 g/mol. The van der Waals surface area contributed by atoms with Gasteiger partial charge >= 0.3 is 0 Å². The van der Waals surface area contributed by atoms with E-state index in [0.29, 0.717) is 0 Å². The van der Waals surface area contributed by atoms with Crippen molar-refractivity contribution in [3.63, 3.8) is 0 Å². The summed E-state index contributed by atoms with van der Waals surface area (Å²) in [5.41, 5.74) is 9.35. The zero-order valence-corrected chi connectivity index (χ0v) is 19.9. The zero-order valence-electron chi connectivity index (χ0n) is 19.9. The van der Waals surface area contributed by atoms with E-state index in [1.165, 1.54) is 22.3 Å². The highest BCUT2D eigenvalue weighted by Gasteiger charge is 2.12. The Bertz CT molecular complexity index is 1350. The molecular weight excluding hydrogens is 436 g/mol. The van der Waals surface area contributed by atoms with E-state index in [2.05, 4.69) is 167 Å². The first-order valence-electron chi connectivity index (χ1n) is 12.2. The van der Waals surface area contributed by atoms with Crippen LogP contribution in [0.5, 0.6) is 0 Å². The smallest absolute Gasteiger partial charge is 0.0529 e. The molecule has 0 saturated heterocycles. The van der Waals surface area contributed by atoms with Gasteiger partial charge in [-0.3, -0.25) is 0 Å². The molecule has 2 nitrogen and oxygen atoms in total. The third-order valence-electron chi connectivity index (χ3n) is 6.48. The highest BCUT2D eigenvalue weighted by molar-refractivity contribution is 5.78. The second-order valence-electron chi connectivity index (χ2n) is 8.71. The van der Waals surface area contributed by atoms with Crippen molar-refractivity contribution < 1.29 is 0 Å². The molecule has 0 N–H and O–H groups in total. The van der Waals surface area contributed by atoms with Gasteiger partial charge in [0.2, 0.25) is 0 Å². The van der Waals surface area contributed by atoms with Gasteiger partial charge in [-0.05, 0) is 46.5 Å². The third kappa shape index (κ3) is 4.21. The lowest BCUT2D eigenvalue weighted by molar-refractivity contribution is 1.14. The van der Waals surface area contributed by atoms with Gasteiger partial charge in [0.15, 0.2) is 0 Å². The Morgan fingerprint density at radius 1 is 0.278 bits per heavy atom. The van der Waals surface area contributed by atoms with Crippen LogP contribution in [-0.2, 0) is 0 Å². The minimum Gasteiger partial charge on any atom is -0.315 e. The van der Waals surface area contributed by atoms with Crippen molar-refractivity contribution in [2.45, 2.75) is 0 Å². The topological polar surface area (TPSA) is 9.86 Å². The number of hydrogen-bond donors (Lipinski definition) is 0. The zero-order chi connectivity index (χ0) is 24.2. The summed E-state index contributed by atoms with van der Waals surface area (Å²) >= 11 is 0. The van der Waals surface area contributed by atoms with Gasteiger partial charge in [0.25, 0.3) is 0 Å². The predicted molar refractivity (Wildman–Crippen MR) is 152 cm³/mol. The molecule has 2 aromatic heterocycles. The molecule has 0 unspecified atom stereocenters. The van der Waals surface area contributed by atoms with Gasteiger partial charge in [-0.2, -0.15) is 0 Å². The molecule has 0 spiro atoms. The molecule has 0 saturated carbocycles. The largest absolute Gasteiger partial charge is 0.315 e. The summed E-state index contributed by atoms with van der Waals surface area (Å²) in [5, 5.41) is 0. The lowest BCUT2D eigenvalue weighted by atomic mass is 10.1. The standard InChI is InChI=1S/C34H26N2/c1-5-13-27(14-6-1)31-21-22-32(28-15-7-2-8-16-28)35(31)25-26-36-33(29-17-9-3-10-18-29)23-24-34(36)30-19-11-4-12-20-30/h1-26H. The fraction of sp³-hybridized carbons (Fsp3) is 0. The van der Waals surface area contributed by atoms with Crippen molar-refractivity contribution in [2.24, 2.45) is 0 Å². The van der Waals surface area contributed by atoms with Crippen molar-refractivity contribution in [1.82, 2.24) is 9.13 Å². The summed E-state index contributed by atoms with van der Waals surface area (Å²) < 4.78 is 4.57. The van der Waals surface area contributed by atoms with E-state index in [1.54, 1.807) is 0 Å². The van der Waals surface area contributed by atoms with Gasteiger partial charge in [-0.15, -0.1) is 0 Å². The Morgan fingerprint density at radius 2 is 0.500 bits per heavy atom. The molecule has 0 atom stereocenters. The molecule has 2 heterocycles. The Labute approximate surface area is 212 Å². The van der Waals surface area contributed by atoms with Gasteiger partial charge in [0, 0.05) is 12.4 Å². The molecule has 0 aliphatic rings. The number of aromatic nitrogens is 2. The van der Waals surface area contributed by atoms with Crippen molar-refractivity contribution in [2.75, 3.05) is 0 Å². The number of nitrogens with zero attached hydrogens (tertiary/aromatic N) is 2. The van der Waals surface area contributed by atoms with Crippen LogP contribution in [0.4, 0.5) is 0 Å². The SMILES string of the molecule is C(=Cn1c(-c2ccccc2)ccc1-c1ccccc1)n1c(-c2ccccc2)ccc1-c1ccccc1. The van der Waals surface area contributed by atoms with Crippen LogP contribution < -0.4 is 0 Å². The van der Waals surface area contributed by atoms with Gasteiger partial charge in [0.1, 0.15) is 0 Å². The molecule has 6 rings (SSSR count). The average molecular weight is 463 g/mol. The molecule has 6 aromatic rings. The maximum atomic E-state index is 2.29. The maximum absolute atomic E-state index is 2.29. The lowest BCUT2D eigenvalue weighted by Gasteiger charge is -2.13. The van der Waals surface area contributed by atoms with Crippen LogP contribution in [0.15, 0.2) is 146 Å². The van der Waals surface area contributed by atoms with E-state index >= 15 is 0 Å². The molecule has 2 heteroatoms. The van der Waals surface area contributed by atoms with E-state index in [0.717, 1.165) is 22.8 Å². The number of hydrogen-bond acceptors (Lipinski definition) is 0.